The number of nitrogens with one attached hydrogen (secondary N) is 2. The molecule has 2 aromatic rings. The maximum absolute atomic E-state index is 12.6. The number of rotatable bonds is 8. The number of amides is 2. The highest BCUT2D eigenvalue weighted by Crippen LogP contribution is 2.24. The van der Waals surface area contributed by atoms with E-state index in [2.05, 4.69) is 20.8 Å². The number of halogens is 2. The average molecular weight is 470 g/mol. The van der Waals surface area contributed by atoms with Gasteiger partial charge in [0.1, 0.15) is 0 Å². The molecule has 1 aliphatic rings. The number of thioether (sulfide) groups is 1. The molecule has 3 rings (SSSR count). The van der Waals surface area contributed by atoms with Crippen LogP contribution in [0.15, 0.2) is 23.4 Å². The quantitative estimate of drug-likeness (QED) is 0.564. The molecule has 1 atom stereocenters. The van der Waals surface area contributed by atoms with Crippen LogP contribution in [0.3, 0.4) is 0 Å². The summed E-state index contributed by atoms with van der Waals surface area (Å²) in [7, 11) is 0. The summed E-state index contributed by atoms with van der Waals surface area (Å²) in [6, 6.07) is 4.64. The first-order chi connectivity index (χ1) is 14.4. The molecule has 0 radical (unpaired) electrons. The van der Waals surface area contributed by atoms with E-state index in [9.17, 15) is 9.59 Å². The normalized spacial score (nSPS) is 15.2. The van der Waals surface area contributed by atoms with Crippen LogP contribution < -0.4 is 10.6 Å². The van der Waals surface area contributed by atoms with Crippen molar-refractivity contribution in [2.24, 2.45) is 0 Å². The molecule has 1 aromatic heterocycles. The standard InChI is InChI=1S/C20H25Cl2N5O2S/c1-3-27-18(12(2)23-19(29)15-9-8-13(21)10-16(15)22)25-26-20(27)30-11-17(28)24-14-6-4-5-7-14/h8-10,12,14H,3-7,11H2,1-2H3,(H,23,29)(H,24,28)/t12-/m0/s1. The second-order valence-electron chi connectivity index (χ2n) is 7.24. The lowest BCUT2D eigenvalue weighted by Crippen LogP contribution is -2.33. The zero-order valence-electron chi connectivity index (χ0n) is 17.0. The van der Waals surface area contributed by atoms with Gasteiger partial charge in [-0.3, -0.25) is 9.59 Å². The third-order valence-electron chi connectivity index (χ3n) is 5.02. The minimum Gasteiger partial charge on any atom is -0.353 e. The summed E-state index contributed by atoms with van der Waals surface area (Å²) in [4.78, 5) is 24.8. The molecular formula is C20H25Cl2N5O2S. The molecule has 0 saturated heterocycles. The molecule has 0 unspecified atom stereocenters. The van der Waals surface area contributed by atoms with Crippen LogP contribution >= 0.6 is 35.0 Å². The van der Waals surface area contributed by atoms with Gasteiger partial charge in [0.05, 0.1) is 22.4 Å². The van der Waals surface area contributed by atoms with Gasteiger partial charge in [-0.2, -0.15) is 0 Å². The van der Waals surface area contributed by atoms with Crippen molar-refractivity contribution in [1.29, 1.82) is 0 Å². The van der Waals surface area contributed by atoms with Gasteiger partial charge >= 0.3 is 0 Å². The topological polar surface area (TPSA) is 88.9 Å². The first kappa shape index (κ1) is 22.9. The lowest BCUT2D eigenvalue weighted by Gasteiger charge is -2.16. The SMILES string of the molecule is CCn1c(SCC(=O)NC2CCCC2)nnc1[C@H](C)NC(=O)c1ccc(Cl)cc1Cl. The van der Waals surface area contributed by atoms with Crippen molar-refractivity contribution in [2.75, 3.05) is 5.75 Å². The van der Waals surface area contributed by atoms with Crippen LogP contribution in [0.5, 0.6) is 0 Å². The largest absolute Gasteiger partial charge is 0.353 e. The molecule has 1 aromatic carbocycles. The molecule has 30 heavy (non-hydrogen) atoms. The maximum atomic E-state index is 12.6. The molecule has 7 nitrogen and oxygen atoms in total. The van der Waals surface area contributed by atoms with Gasteiger partial charge in [-0.05, 0) is 44.9 Å². The molecule has 1 fully saturated rings. The molecule has 1 saturated carbocycles. The van der Waals surface area contributed by atoms with Crippen molar-refractivity contribution >= 4 is 46.8 Å². The second-order valence-corrected chi connectivity index (χ2v) is 9.03. The van der Waals surface area contributed by atoms with E-state index in [0.29, 0.717) is 34.2 Å². The van der Waals surface area contributed by atoms with Crippen LogP contribution in [0.1, 0.15) is 61.8 Å². The molecule has 1 aliphatic carbocycles. The fourth-order valence-electron chi connectivity index (χ4n) is 3.51. The zero-order valence-corrected chi connectivity index (χ0v) is 19.3. The van der Waals surface area contributed by atoms with Crippen molar-refractivity contribution in [3.8, 4) is 0 Å². The van der Waals surface area contributed by atoms with Crippen molar-refractivity contribution in [2.45, 2.75) is 63.3 Å². The summed E-state index contributed by atoms with van der Waals surface area (Å²) in [6.45, 7) is 4.43. The monoisotopic (exact) mass is 469 g/mol. The maximum Gasteiger partial charge on any atom is 0.253 e. The molecule has 0 aliphatic heterocycles. The summed E-state index contributed by atoms with van der Waals surface area (Å²) in [5.74, 6) is 0.600. The molecule has 2 amide bonds. The van der Waals surface area contributed by atoms with Crippen molar-refractivity contribution in [3.05, 3.63) is 39.6 Å². The van der Waals surface area contributed by atoms with Gasteiger partial charge in [0.25, 0.3) is 5.91 Å². The number of benzene rings is 1. The van der Waals surface area contributed by atoms with Gasteiger partial charge in [-0.1, -0.05) is 47.8 Å². The van der Waals surface area contributed by atoms with Gasteiger partial charge in [0.2, 0.25) is 5.91 Å². The number of nitrogens with zero attached hydrogens (tertiary/aromatic N) is 3. The van der Waals surface area contributed by atoms with Crippen LogP contribution in [-0.4, -0.2) is 38.4 Å². The highest BCUT2D eigenvalue weighted by molar-refractivity contribution is 7.99. The number of aromatic nitrogens is 3. The number of carbonyl (C=O) groups excluding carboxylic acids is 2. The van der Waals surface area contributed by atoms with E-state index in [0.717, 1.165) is 12.8 Å². The Kier molecular flexibility index (Phi) is 8.02. The second kappa shape index (κ2) is 10.5. The Hall–Kier alpha value is -1.77. The molecule has 0 spiro atoms. The Labute approximate surface area is 190 Å². The third kappa shape index (κ3) is 5.68. The van der Waals surface area contributed by atoms with Crippen molar-refractivity contribution in [3.63, 3.8) is 0 Å². The zero-order chi connectivity index (χ0) is 21.7. The first-order valence-corrected chi connectivity index (χ1v) is 11.7. The smallest absolute Gasteiger partial charge is 0.253 e. The van der Waals surface area contributed by atoms with E-state index in [1.54, 1.807) is 12.1 Å². The summed E-state index contributed by atoms with van der Waals surface area (Å²) >= 11 is 13.4. The Morgan fingerprint density at radius 2 is 2.00 bits per heavy atom. The third-order valence-corrected chi connectivity index (χ3v) is 6.54. The Morgan fingerprint density at radius 1 is 1.27 bits per heavy atom. The summed E-state index contributed by atoms with van der Waals surface area (Å²) in [5.41, 5.74) is 0.341. The molecule has 162 valence electrons. The van der Waals surface area contributed by atoms with Crippen LogP contribution in [-0.2, 0) is 11.3 Å². The predicted molar refractivity (Wildman–Crippen MR) is 119 cm³/mol. The minimum absolute atomic E-state index is 0.0119. The summed E-state index contributed by atoms with van der Waals surface area (Å²) in [5, 5.41) is 15.8. The van der Waals surface area contributed by atoms with Crippen molar-refractivity contribution < 1.29 is 9.59 Å². The average Bonchev–Trinajstić information content (AvgIpc) is 3.35. The minimum atomic E-state index is -0.390. The highest BCUT2D eigenvalue weighted by atomic mass is 35.5. The van der Waals surface area contributed by atoms with E-state index >= 15 is 0 Å². The molecular weight excluding hydrogens is 445 g/mol. The van der Waals surface area contributed by atoms with Gasteiger partial charge in [0, 0.05) is 17.6 Å². The fraction of sp³-hybridized carbons (Fsp3) is 0.500. The van der Waals surface area contributed by atoms with Gasteiger partial charge in [0.15, 0.2) is 11.0 Å². The van der Waals surface area contributed by atoms with E-state index < -0.39 is 6.04 Å². The summed E-state index contributed by atoms with van der Waals surface area (Å²) < 4.78 is 1.90. The molecule has 1 heterocycles. The van der Waals surface area contributed by atoms with E-state index in [1.165, 1.54) is 30.7 Å². The number of hydrogen-bond donors (Lipinski definition) is 2. The van der Waals surface area contributed by atoms with Gasteiger partial charge in [-0.25, -0.2) is 0 Å². The van der Waals surface area contributed by atoms with E-state index in [-0.39, 0.29) is 22.6 Å². The van der Waals surface area contributed by atoms with Gasteiger partial charge < -0.3 is 15.2 Å². The van der Waals surface area contributed by atoms with Crippen LogP contribution in [0.2, 0.25) is 10.0 Å². The van der Waals surface area contributed by atoms with Crippen molar-refractivity contribution in [1.82, 2.24) is 25.4 Å². The van der Waals surface area contributed by atoms with Crippen LogP contribution in [0.25, 0.3) is 0 Å². The molecule has 2 N–H and O–H groups in total. The van der Waals surface area contributed by atoms with Crippen LogP contribution in [0, 0.1) is 0 Å². The predicted octanol–water partition coefficient (Wildman–Crippen LogP) is 4.25. The molecule has 0 bridgehead atoms. The number of hydrogen-bond acceptors (Lipinski definition) is 5. The molecule has 10 heteroatoms. The lowest BCUT2D eigenvalue weighted by molar-refractivity contribution is -0.119. The Morgan fingerprint density at radius 3 is 2.67 bits per heavy atom. The lowest BCUT2D eigenvalue weighted by atomic mass is 10.2. The van der Waals surface area contributed by atoms with E-state index in [4.69, 9.17) is 23.2 Å². The number of carbonyl (C=O) groups is 2. The Bertz CT molecular complexity index is 915. The van der Waals surface area contributed by atoms with Gasteiger partial charge in [-0.15, -0.1) is 10.2 Å². The highest BCUT2D eigenvalue weighted by Gasteiger charge is 2.22. The fourth-order valence-corrected chi connectivity index (χ4v) is 4.82. The van der Waals surface area contributed by atoms with Crippen LogP contribution in [0.4, 0.5) is 0 Å². The first-order valence-electron chi connectivity index (χ1n) is 10.00. The summed E-state index contributed by atoms with van der Waals surface area (Å²) in [6.07, 6.45) is 4.47. The Balaban J connectivity index is 1.62. The van der Waals surface area contributed by atoms with E-state index in [1.807, 2.05) is 18.4 Å².